The second-order valence-corrected chi connectivity index (χ2v) is 5.64. The number of likely N-dealkylation sites (tertiary alicyclic amines) is 1. The molecule has 0 aliphatic carbocycles. The minimum atomic E-state index is -1.11. The number of benzene rings is 1. The number of carboxylic acid groups (broad SMARTS) is 1. The topological polar surface area (TPSA) is 89.9 Å². The lowest BCUT2D eigenvalue weighted by Gasteiger charge is -2.21. The Morgan fingerprint density at radius 2 is 2.15 bits per heavy atom. The van der Waals surface area contributed by atoms with Gasteiger partial charge in [0, 0.05) is 23.1 Å². The Bertz CT molecular complexity index is 549. The molecule has 0 aromatic heterocycles. The first-order valence-corrected chi connectivity index (χ1v) is 6.92. The summed E-state index contributed by atoms with van der Waals surface area (Å²) in [5.41, 5.74) is 1.60. The molecule has 0 saturated carbocycles. The standard InChI is InChI=1S/C13H15BrN2O4/c1-7-2-3-8(4-10(7)14)15-13(20)16-6-9(17)5-11(16)12(18)19/h2-4,9,11,17H,5-6H2,1H3,(H,15,20)(H,18,19)/t9-,11-/m0/s1. The van der Waals surface area contributed by atoms with Gasteiger partial charge in [-0.3, -0.25) is 0 Å². The number of hydrogen-bond donors (Lipinski definition) is 3. The molecular weight excluding hydrogens is 328 g/mol. The zero-order valence-electron chi connectivity index (χ0n) is 10.8. The number of rotatable bonds is 2. The summed E-state index contributed by atoms with van der Waals surface area (Å²) in [7, 11) is 0. The van der Waals surface area contributed by atoms with Crippen LogP contribution in [0.25, 0.3) is 0 Å². The lowest BCUT2D eigenvalue weighted by molar-refractivity contribution is -0.141. The van der Waals surface area contributed by atoms with Crippen LogP contribution in [0, 0.1) is 6.92 Å². The number of anilines is 1. The molecule has 0 unspecified atom stereocenters. The van der Waals surface area contributed by atoms with Crippen LogP contribution in [0.15, 0.2) is 22.7 Å². The van der Waals surface area contributed by atoms with Gasteiger partial charge in [0.15, 0.2) is 0 Å². The van der Waals surface area contributed by atoms with Crippen LogP contribution in [0.5, 0.6) is 0 Å². The van der Waals surface area contributed by atoms with Gasteiger partial charge in [-0.05, 0) is 24.6 Å². The van der Waals surface area contributed by atoms with Crippen molar-refractivity contribution in [2.75, 3.05) is 11.9 Å². The molecule has 0 bridgehead atoms. The van der Waals surface area contributed by atoms with Gasteiger partial charge >= 0.3 is 12.0 Å². The molecule has 1 aromatic carbocycles. The quantitative estimate of drug-likeness (QED) is 0.764. The minimum absolute atomic E-state index is 0.0236. The Balaban J connectivity index is 2.11. The fourth-order valence-corrected chi connectivity index (χ4v) is 2.52. The van der Waals surface area contributed by atoms with E-state index in [4.69, 9.17) is 5.11 Å². The molecular formula is C13H15BrN2O4. The van der Waals surface area contributed by atoms with Gasteiger partial charge in [-0.25, -0.2) is 9.59 Å². The zero-order chi connectivity index (χ0) is 14.9. The van der Waals surface area contributed by atoms with Crippen molar-refractivity contribution in [1.29, 1.82) is 0 Å². The number of nitrogens with one attached hydrogen (secondary N) is 1. The van der Waals surface area contributed by atoms with Crippen molar-refractivity contribution in [3.63, 3.8) is 0 Å². The molecule has 1 saturated heterocycles. The molecule has 2 atom stereocenters. The van der Waals surface area contributed by atoms with Crippen molar-refractivity contribution in [3.05, 3.63) is 28.2 Å². The number of aliphatic carboxylic acids is 1. The fourth-order valence-electron chi connectivity index (χ4n) is 2.14. The predicted molar refractivity (Wildman–Crippen MR) is 76.7 cm³/mol. The Morgan fingerprint density at radius 3 is 2.75 bits per heavy atom. The summed E-state index contributed by atoms with van der Waals surface area (Å²) in [5.74, 6) is -1.11. The number of urea groups is 1. The summed E-state index contributed by atoms with van der Waals surface area (Å²) >= 11 is 3.37. The van der Waals surface area contributed by atoms with Gasteiger partial charge in [-0.2, -0.15) is 0 Å². The average Bonchev–Trinajstić information content (AvgIpc) is 2.76. The van der Waals surface area contributed by atoms with E-state index in [0.717, 1.165) is 14.9 Å². The van der Waals surface area contributed by atoms with Gasteiger partial charge in [0.25, 0.3) is 0 Å². The third kappa shape index (κ3) is 3.10. The van der Waals surface area contributed by atoms with E-state index in [2.05, 4.69) is 21.2 Å². The first-order chi connectivity index (χ1) is 9.38. The minimum Gasteiger partial charge on any atom is -0.480 e. The highest BCUT2D eigenvalue weighted by Gasteiger charge is 2.38. The van der Waals surface area contributed by atoms with E-state index in [9.17, 15) is 14.7 Å². The first kappa shape index (κ1) is 14.8. The molecule has 1 heterocycles. The maximum atomic E-state index is 12.1. The molecule has 1 aromatic rings. The van der Waals surface area contributed by atoms with Crippen LogP contribution in [0.3, 0.4) is 0 Å². The molecule has 20 heavy (non-hydrogen) atoms. The van der Waals surface area contributed by atoms with E-state index in [1.807, 2.05) is 13.0 Å². The van der Waals surface area contributed by atoms with E-state index in [1.165, 1.54) is 0 Å². The van der Waals surface area contributed by atoms with E-state index in [-0.39, 0.29) is 13.0 Å². The van der Waals surface area contributed by atoms with Crippen molar-refractivity contribution in [1.82, 2.24) is 4.90 Å². The number of halogens is 1. The van der Waals surface area contributed by atoms with E-state index in [1.54, 1.807) is 12.1 Å². The molecule has 2 rings (SSSR count). The third-order valence-electron chi connectivity index (χ3n) is 3.25. The number of amides is 2. The molecule has 2 amide bonds. The number of β-amino-alcohol motifs (C(OH)–C–C–N with tert-alkyl or cyclic N) is 1. The number of hydrogen-bond acceptors (Lipinski definition) is 3. The molecule has 3 N–H and O–H groups in total. The smallest absolute Gasteiger partial charge is 0.326 e. The number of carboxylic acids is 1. The van der Waals surface area contributed by atoms with Crippen molar-refractivity contribution in [2.24, 2.45) is 0 Å². The van der Waals surface area contributed by atoms with E-state index >= 15 is 0 Å². The monoisotopic (exact) mass is 342 g/mol. The van der Waals surface area contributed by atoms with Crippen LogP contribution in [0.4, 0.5) is 10.5 Å². The lowest BCUT2D eigenvalue weighted by Crippen LogP contribution is -2.43. The number of aliphatic hydroxyl groups excluding tert-OH is 1. The second-order valence-electron chi connectivity index (χ2n) is 4.79. The van der Waals surface area contributed by atoms with Gasteiger partial charge < -0.3 is 20.4 Å². The van der Waals surface area contributed by atoms with Crippen LogP contribution in [0.2, 0.25) is 0 Å². The van der Waals surface area contributed by atoms with Crippen molar-refractivity contribution in [2.45, 2.75) is 25.5 Å². The van der Waals surface area contributed by atoms with Crippen LogP contribution in [-0.4, -0.2) is 45.8 Å². The van der Waals surface area contributed by atoms with Gasteiger partial charge in [-0.1, -0.05) is 22.0 Å². The molecule has 7 heteroatoms. The number of carbonyl (C=O) groups is 2. The lowest BCUT2D eigenvalue weighted by atomic mass is 10.2. The van der Waals surface area contributed by atoms with Gasteiger partial charge in [0.1, 0.15) is 6.04 Å². The van der Waals surface area contributed by atoms with Gasteiger partial charge in [-0.15, -0.1) is 0 Å². The Hall–Kier alpha value is -1.60. The van der Waals surface area contributed by atoms with Crippen LogP contribution in [-0.2, 0) is 4.79 Å². The highest BCUT2D eigenvalue weighted by atomic mass is 79.9. The molecule has 0 radical (unpaired) electrons. The largest absolute Gasteiger partial charge is 0.480 e. The average molecular weight is 343 g/mol. The summed E-state index contributed by atoms with van der Waals surface area (Å²) in [4.78, 5) is 24.3. The Labute approximate surface area is 124 Å². The molecule has 1 fully saturated rings. The number of aliphatic hydroxyl groups is 1. The van der Waals surface area contributed by atoms with Crippen molar-refractivity contribution in [3.8, 4) is 0 Å². The van der Waals surface area contributed by atoms with Gasteiger partial charge in [0.2, 0.25) is 0 Å². The number of carbonyl (C=O) groups excluding carboxylic acids is 1. The summed E-state index contributed by atoms with van der Waals surface area (Å²) in [6.07, 6.45) is -0.744. The first-order valence-electron chi connectivity index (χ1n) is 6.13. The van der Waals surface area contributed by atoms with E-state index < -0.39 is 24.1 Å². The zero-order valence-corrected chi connectivity index (χ0v) is 12.4. The fraction of sp³-hybridized carbons (Fsp3) is 0.385. The Morgan fingerprint density at radius 1 is 1.45 bits per heavy atom. The molecule has 1 aliphatic rings. The highest BCUT2D eigenvalue weighted by molar-refractivity contribution is 9.10. The van der Waals surface area contributed by atoms with Crippen molar-refractivity contribution < 1.29 is 19.8 Å². The van der Waals surface area contributed by atoms with Gasteiger partial charge in [0.05, 0.1) is 6.10 Å². The van der Waals surface area contributed by atoms with Crippen LogP contribution < -0.4 is 5.32 Å². The van der Waals surface area contributed by atoms with Crippen LogP contribution in [0.1, 0.15) is 12.0 Å². The normalized spacial score (nSPS) is 21.9. The summed E-state index contributed by atoms with van der Waals surface area (Å²) < 4.78 is 0.853. The summed E-state index contributed by atoms with van der Waals surface area (Å²) in [6, 6.07) is 3.81. The SMILES string of the molecule is Cc1ccc(NC(=O)N2C[C@@H](O)C[C@H]2C(=O)O)cc1Br. The number of nitrogens with zero attached hydrogens (tertiary/aromatic N) is 1. The number of aryl methyl sites for hydroxylation is 1. The van der Waals surface area contributed by atoms with E-state index in [0.29, 0.717) is 5.69 Å². The molecule has 108 valence electrons. The predicted octanol–water partition coefficient (Wildman–Crippen LogP) is 1.81. The van der Waals surface area contributed by atoms with Crippen LogP contribution >= 0.6 is 15.9 Å². The second kappa shape index (κ2) is 5.80. The maximum Gasteiger partial charge on any atom is 0.326 e. The third-order valence-corrected chi connectivity index (χ3v) is 4.10. The summed E-state index contributed by atoms with van der Waals surface area (Å²) in [5, 5.41) is 21.2. The summed E-state index contributed by atoms with van der Waals surface area (Å²) in [6.45, 7) is 1.95. The molecule has 1 aliphatic heterocycles. The Kier molecular flexibility index (Phi) is 4.29. The highest BCUT2D eigenvalue weighted by Crippen LogP contribution is 2.23. The molecule has 0 spiro atoms. The van der Waals surface area contributed by atoms with Crippen molar-refractivity contribution >= 4 is 33.6 Å². The maximum absolute atomic E-state index is 12.1. The molecule has 6 nitrogen and oxygen atoms in total.